The number of hydrogen-bond acceptors (Lipinski definition) is 2. The number of benzene rings is 1. The quantitative estimate of drug-likeness (QED) is 0.292. The molecule has 0 aliphatic rings. The molecule has 0 saturated carbocycles. The molecule has 0 bridgehead atoms. The van der Waals surface area contributed by atoms with Crippen LogP contribution in [0.25, 0.3) is 0 Å². The molecule has 0 aromatic heterocycles. The van der Waals surface area contributed by atoms with Crippen LogP contribution in [0, 0.1) is 13.8 Å². The number of ether oxygens (including phenoxy) is 1. The van der Waals surface area contributed by atoms with E-state index in [9.17, 15) is 0 Å². The van der Waals surface area contributed by atoms with Crippen molar-refractivity contribution in [3.63, 3.8) is 0 Å². The standard InChI is InChI=1S/C16H24ClNO/c1-13-9-10-15(14(2)12-13)18-16(19-3)8-6-4-5-7-11-17/h9-10,12H,4-8,11H2,1-3H3/b18-16-. The summed E-state index contributed by atoms with van der Waals surface area (Å²) in [6.07, 6.45) is 5.46. The van der Waals surface area contributed by atoms with E-state index in [-0.39, 0.29) is 0 Å². The molecule has 0 heterocycles. The molecular formula is C16H24ClNO. The Labute approximate surface area is 121 Å². The van der Waals surface area contributed by atoms with Gasteiger partial charge in [0.15, 0.2) is 5.90 Å². The predicted octanol–water partition coefficient (Wildman–Crippen LogP) is 5.17. The second kappa shape index (κ2) is 8.98. The van der Waals surface area contributed by atoms with Crippen LogP contribution in [-0.4, -0.2) is 18.9 Å². The Morgan fingerprint density at radius 1 is 1.16 bits per heavy atom. The van der Waals surface area contributed by atoms with Crippen LogP contribution in [0.2, 0.25) is 0 Å². The van der Waals surface area contributed by atoms with E-state index in [0.29, 0.717) is 0 Å². The number of aliphatic imine (C=N–C) groups is 1. The molecule has 1 rings (SSSR count). The van der Waals surface area contributed by atoms with Gasteiger partial charge in [0.2, 0.25) is 0 Å². The van der Waals surface area contributed by atoms with E-state index < -0.39 is 0 Å². The maximum atomic E-state index is 5.66. The van der Waals surface area contributed by atoms with Crippen molar-refractivity contribution in [3.05, 3.63) is 29.3 Å². The average Bonchev–Trinajstić information content (AvgIpc) is 2.39. The molecule has 106 valence electrons. The van der Waals surface area contributed by atoms with Crippen LogP contribution in [0.1, 0.15) is 43.2 Å². The van der Waals surface area contributed by atoms with Gasteiger partial charge in [-0.05, 0) is 38.3 Å². The lowest BCUT2D eigenvalue weighted by Gasteiger charge is -2.07. The number of unbranched alkanes of at least 4 members (excludes halogenated alkanes) is 3. The van der Waals surface area contributed by atoms with Gasteiger partial charge in [0.25, 0.3) is 0 Å². The zero-order valence-corrected chi connectivity index (χ0v) is 13.0. The third-order valence-corrected chi connectivity index (χ3v) is 3.37. The second-order valence-corrected chi connectivity index (χ2v) is 5.23. The summed E-state index contributed by atoms with van der Waals surface area (Å²) in [5, 5.41) is 0. The third-order valence-electron chi connectivity index (χ3n) is 3.11. The summed E-state index contributed by atoms with van der Waals surface area (Å²) in [4.78, 5) is 4.60. The first-order valence-electron chi connectivity index (χ1n) is 6.92. The molecule has 2 nitrogen and oxygen atoms in total. The zero-order chi connectivity index (χ0) is 14.1. The number of alkyl halides is 1. The summed E-state index contributed by atoms with van der Waals surface area (Å²) in [6.45, 7) is 4.17. The van der Waals surface area contributed by atoms with Crippen molar-refractivity contribution in [1.82, 2.24) is 0 Å². The second-order valence-electron chi connectivity index (χ2n) is 4.85. The lowest BCUT2D eigenvalue weighted by molar-refractivity contribution is 0.387. The smallest absolute Gasteiger partial charge is 0.188 e. The molecule has 0 unspecified atom stereocenters. The molecule has 0 spiro atoms. The largest absolute Gasteiger partial charge is 0.484 e. The maximum absolute atomic E-state index is 5.66. The summed E-state index contributed by atoms with van der Waals surface area (Å²) >= 11 is 5.66. The molecule has 0 saturated heterocycles. The molecule has 0 amide bonds. The lowest BCUT2D eigenvalue weighted by atomic mass is 10.1. The van der Waals surface area contributed by atoms with Gasteiger partial charge in [0, 0.05) is 12.3 Å². The predicted molar refractivity (Wildman–Crippen MR) is 83.8 cm³/mol. The number of aryl methyl sites for hydroxylation is 2. The van der Waals surface area contributed by atoms with Gasteiger partial charge in [0.1, 0.15) is 0 Å². The zero-order valence-electron chi connectivity index (χ0n) is 12.2. The summed E-state index contributed by atoms with van der Waals surface area (Å²) in [5.41, 5.74) is 3.45. The molecule has 0 aliphatic heterocycles. The van der Waals surface area contributed by atoms with E-state index in [4.69, 9.17) is 16.3 Å². The SMILES string of the molecule is CO/C(CCCCCCCl)=N\c1ccc(C)cc1C. The number of methoxy groups -OCH3 is 1. The van der Waals surface area contributed by atoms with Crippen molar-refractivity contribution in [2.45, 2.75) is 46.0 Å². The Balaban J connectivity index is 2.55. The summed E-state index contributed by atoms with van der Waals surface area (Å²) in [6, 6.07) is 6.28. The van der Waals surface area contributed by atoms with Gasteiger partial charge in [-0.25, -0.2) is 4.99 Å². The first-order chi connectivity index (χ1) is 9.17. The fourth-order valence-electron chi connectivity index (χ4n) is 1.99. The van der Waals surface area contributed by atoms with Crippen LogP contribution < -0.4 is 0 Å². The van der Waals surface area contributed by atoms with Crippen molar-refractivity contribution in [2.24, 2.45) is 4.99 Å². The Morgan fingerprint density at radius 3 is 2.53 bits per heavy atom. The van der Waals surface area contributed by atoms with E-state index >= 15 is 0 Å². The van der Waals surface area contributed by atoms with Gasteiger partial charge in [-0.15, -0.1) is 11.6 Å². The molecule has 19 heavy (non-hydrogen) atoms. The van der Waals surface area contributed by atoms with Crippen molar-refractivity contribution < 1.29 is 4.74 Å². The third kappa shape index (κ3) is 6.11. The van der Waals surface area contributed by atoms with Crippen molar-refractivity contribution in [3.8, 4) is 0 Å². The maximum Gasteiger partial charge on any atom is 0.188 e. The van der Waals surface area contributed by atoms with Gasteiger partial charge in [0.05, 0.1) is 12.8 Å². The van der Waals surface area contributed by atoms with Crippen LogP contribution in [-0.2, 0) is 4.74 Å². The Kier molecular flexibility index (Phi) is 7.57. The number of nitrogens with zero attached hydrogens (tertiary/aromatic N) is 1. The fraction of sp³-hybridized carbons (Fsp3) is 0.562. The van der Waals surface area contributed by atoms with Gasteiger partial charge >= 0.3 is 0 Å². The number of rotatable bonds is 7. The van der Waals surface area contributed by atoms with Crippen molar-refractivity contribution in [2.75, 3.05) is 13.0 Å². The summed E-state index contributed by atoms with van der Waals surface area (Å²) in [5.74, 6) is 1.58. The minimum Gasteiger partial charge on any atom is -0.484 e. The normalized spacial score (nSPS) is 11.7. The van der Waals surface area contributed by atoms with E-state index in [1.807, 2.05) is 0 Å². The topological polar surface area (TPSA) is 21.6 Å². The van der Waals surface area contributed by atoms with Crippen molar-refractivity contribution in [1.29, 1.82) is 0 Å². The minimum atomic E-state index is 0.758. The van der Waals surface area contributed by atoms with E-state index in [1.165, 1.54) is 24.0 Å². The van der Waals surface area contributed by atoms with Crippen LogP contribution in [0.15, 0.2) is 23.2 Å². The molecule has 0 N–H and O–H groups in total. The first-order valence-corrected chi connectivity index (χ1v) is 7.45. The monoisotopic (exact) mass is 281 g/mol. The first kappa shape index (κ1) is 16.0. The Morgan fingerprint density at radius 2 is 1.89 bits per heavy atom. The molecular weight excluding hydrogens is 258 g/mol. The van der Waals surface area contributed by atoms with E-state index in [2.05, 4.69) is 37.0 Å². The molecule has 1 aromatic carbocycles. The highest BCUT2D eigenvalue weighted by Crippen LogP contribution is 2.20. The van der Waals surface area contributed by atoms with Gasteiger partial charge in [-0.3, -0.25) is 0 Å². The Bertz CT molecular complexity index is 415. The van der Waals surface area contributed by atoms with Gasteiger partial charge in [-0.1, -0.05) is 30.5 Å². The molecule has 3 heteroatoms. The molecule has 0 aliphatic carbocycles. The Hall–Kier alpha value is -1.02. The number of hydrogen-bond donors (Lipinski definition) is 0. The van der Waals surface area contributed by atoms with Crippen LogP contribution in [0.4, 0.5) is 5.69 Å². The van der Waals surface area contributed by atoms with E-state index in [1.54, 1.807) is 7.11 Å². The minimum absolute atomic E-state index is 0.758. The van der Waals surface area contributed by atoms with Crippen LogP contribution >= 0.6 is 11.6 Å². The van der Waals surface area contributed by atoms with E-state index in [0.717, 1.165) is 36.7 Å². The highest BCUT2D eigenvalue weighted by Gasteiger charge is 2.02. The lowest BCUT2D eigenvalue weighted by Crippen LogP contribution is -2.01. The average molecular weight is 282 g/mol. The fourth-order valence-corrected chi connectivity index (χ4v) is 2.18. The van der Waals surface area contributed by atoms with Crippen LogP contribution in [0.5, 0.6) is 0 Å². The molecule has 0 fully saturated rings. The van der Waals surface area contributed by atoms with Gasteiger partial charge < -0.3 is 4.74 Å². The molecule has 1 aromatic rings. The van der Waals surface area contributed by atoms with Gasteiger partial charge in [-0.2, -0.15) is 0 Å². The molecule has 0 atom stereocenters. The highest BCUT2D eigenvalue weighted by atomic mass is 35.5. The van der Waals surface area contributed by atoms with Crippen LogP contribution in [0.3, 0.4) is 0 Å². The molecule has 0 radical (unpaired) electrons. The van der Waals surface area contributed by atoms with Crippen molar-refractivity contribution >= 4 is 23.2 Å². The summed E-state index contributed by atoms with van der Waals surface area (Å²) in [7, 11) is 1.70. The highest BCUT2D eigenvalue weighted by molar-refractivity contribution is 6.17. The number of halogens is 1. The summed E-state index contributed by atoms with van der Waals surface area (Å²) < 4.78 is 5.37.